The normalized spacial score (nSPS) is 11.9. The molecule has 0 amide bonds. The Morgan fingerprint density at radius 2 is 1.51 bits per heavy atom. The number of aromatic nitrogens is 3. The topological polar surface area (TPSA) is 30.7 Å². The van der Waals surface area contributed by atoms with Crippen LogP contribution in [0.25, 0.3) is 59.1 Å². The van der Waals surface area contributed by atoms with Crippen LogP contribution in [0.1, 0.15) is 0 Å². The van der Waals surface area contributed by atoms with Gasteiger partial charge in [0.2, 0.25) is 11.9 Å². The Balaban J connectivity index is 1.60. The SMILES string of the molecule is Fc1cc2c(sc3c(-c4nc5ccccc5n4-c4ccc5ccccc5c4)ccc(F)c32)c(F)n1. The van der Waals surface area contributed by atoms with Crippen molar-refractivity contribution in [3.05, 3.63) is 103 Å². The summed E-state index contributed by atoms with van der Waals surface area (Å²) in [5.41, 5.74) is 3.18. The number of benzene rings is 4. The first-order chi connectivity index (χ1) is 17.1. The molecule has 0 saturated heterocycles. The lowest BCUT2D eigenvalue weighted by atomic mass is 10.1. The number of rotatable bonds is 2. The summed E-state index contributed by atoms with van der Waals surface area (Å²) in [5.74, 6) is -1.89. The lowest BCUT2D eigenvalue weighted by Gasteiger charge is -2.12. The molecular weight excluding hydrogens is 467 g/mol. The monoisotopic (exact) mass is 481 g/mol. The smallest absolute Gasteiger partial charge is 0.233 e. The van der Waals surface area contributed by atoms with Crippen molar-refractivity contribution in [1.29, 1.82) is 0 Å². The number of hydrogen-bond donors (Lipinski definition) is 0. The van der Waals surface area contributed by atoms with Crippen molar-refractivity contribution in [2.45, 2.75) is 0 Å². The Morgan fingerprint density at radius 1 is 0.714 bits per heavy atom. The lowest BCUT2D eigenvalue weighted by Crippen LogP contribution is -1.98. The highest BCUT2D eigenvalue weighted by molar-refractivity contribution is 7.26. The molecule has 35 heavy (non-hydrogen) atoms. The minimum Gasteiger partial charge on any atom is -0.292 e. The quantitative estimate of drug-likeness (QED) is 0.234. The van der Waals surface area contributed by atoms with Gasteiger partial charge in [0, 0.05) is 32.8 Å². The molecule has 0 bridgehead atoms. The predicted octanol–water partition coefficient (Wildman–Crippen LogP) is 8.03. The van der Waals surface area contributed by atoms with Gasteiger partial charge in [-0.25, -0.2) is 9.37 Å². The molecule has 0 spiro atoms. The van der Waals surface area contributed by atoms with Crippen LogP contribution in [0.5, 0.6) is 0 Å². The summed E-state index contributed by atoms with van der Waals surface area (Å²) in [6.45, 7) is 0. The van der Waals surface area contributed by atoms with Crippen molar-refractivity contribution in [1.82, 2.24) is 14.5 Å². The number of nitrogens with zero attached hydrogens (tertiary/aromatic N) is 3. The first kappa shape index (κ1) is 20.2. The second-order valence-electron chi connectivity index (χ2n) is 8.30. The van der Waals surface area contributed by atoms with E-state index < -0.39 is 17.7 Å². The average molecular weight is 482 g/mol. The first-order valence-corrected chi connectivity index (χ1v) is 11.7. The minimum absolute atomic E-state index is 0.112. The summed E-state index contributed by atoms with van der Waals surface area (Å²) in [7, 11) is 0. The van der Waals surface area contributed by atoms with Crippen LogP contribution in [0, 0.1) is 17.7 Å². The Labute approximate surface area is 200 Å². The van der Waals surface area contributed by atoms with E-state index in [1.807, 2.05) is 59.2 Å². The molecule has 4 aromatic carbocycles. The third kappa shape index (κ3) is 2.98. The van der Waals surface area contributed by atoms with Crippen LogP contribution in [0.15, 0.2) is 84.9 Å². The molecule has 7 heteroatoms. The van der Waals surface area contributed by atoms with Gasteiger partial charge in [0.1, 0.15) is 11.6 Å². The molecule has 0 aliphatic carbocycles. The van der Waals surface area contributed by atoms with Gasteiger partial charge in [-0.1, -0.05) is 42.5 Å². The molecule has 168 valence electrons. The van der Waals surface area contributed by atoms with Gasteiger partial charge in [-0.3, -0.25) is 4.57 Å². The maximum Gasteiger partial charge on any atom is 0.233 e. The Morgan fingerprint density at radius 3 is 2.40 bits per heavy atom. The fraction of sp³-hybridized carbons (Fsp3) is 0. The Hall–Kier alpha value is -4.23. The van der Waals surface area contributed by atoms with E-state index in [0.717, 1.165) is 44.9 Å². The Kier molecular flexibility index (Phi) is 4.25. The predicted molar refractivity (Wildman–Crippen MR) is 135 cm³/mol. The van der Waals surface area contributed by atoms with Crippen LogP contribution in [0.2, 0.25) is 0 Å². The van der Waals surface area contributed by atoms with Crippen molar-refractivity contribution >= 4 is 53.3 Å². The van der Waals surface area contributed by atoms with E-state index in [0.29, 0.717) is 16.1 Å². The van der Waals surface area contributed by atoms with Gasteiger partial charge in [-0.05, 0) is 47.2 Å². The number of fused-ring (bicyclic) bond motifs is 5. The van der Waals surface area contributed by atoms with Gasteiger partial charge in [-0.15, -0.1) is 11.3 Å². The highest BCUT2D eigenvalue weighted by Gasteiger charge is 2.22. The lowest BCUT2D eigenvalue weighted by molar-refractivity contribution is 0.523. The number of thiophene rings is 1. The number of pyridine rings is 1. The number of imidazole rings is 1. The molecular formula is C28H14F3N3S. The van der Waals surface area contributed by atoms with Crippen LogP contribution in [-0.2, 0) is 0 Å². The van der Waals surface area contributed by atoms with Crippen molar-refractivity contribution in [2.24, 2.45) is 0 Å². The van der Waals surface area contributed by atoms with Gasteiger partial charge in [0.05, 0.1) is 15.7 Å². The second kappa shape index (κ2) is 7.38. The van der Waals surface area contributed by atoms with E-state index in [9.17, 15) is 8.78 Å². The molecule has 0 aliphatic rings. The summed E-state index contributed by atoms with van der Waals surface area (Å²) in [6, 6.07) is 26.0. The molecule has 3 nitrogen and oxygen atoms in total. The molecule has 0 fully saturated rings. The summed E-state index contributed by atoms with van der Waals surface area (Å²) >= 11 is 1.05. The van der Waals surface area contributed by atoms with E-state index in [1.165, 1.54) is 6.07 Å². The molecule has 0 N–H and O–H groups in total. The van der Waals surface area contributed by atoms with Crippen molar-refractivity contribution in [2.75, 3.05) is 0 Å². The van der Waals surface area contributed by atoms with E-state index in [4.69, 9.17) is 4.98 Å². The van der Waals surface area contributed by atoms with Gasteiger partial charge in [0.15, 0.2) is 0 Å². The van der Waals surface area contributed by atoms with Gasteiger partial charge in [0.25, 0.3) is 0 Å². The van der Waals surface area contributed by atoms with Crippen LogP contribution in [0.4, 0.5) is 13.2 Å². The summed E-state index contributed by atoms with van der Waals surface area (Å²) in [6.07, 6.45) is 0. The maximum absolute atomic E-state index is 15.0. The van der Waals surface area contributed by atoms with Crippen LogP contribution in [0.3, 0.4) is 0 Å². The maximum atomic E-state index is 15.0. The van der Waals surface area contributed by atoms with Crippen molar-refractivity contribution in [3.63, 3.8) is 0 Å². The molecule has 7 rings (SSSR count). The molecule has 7 aromatic rings. The largest absolute Gasteiger partial charge is 0.292 e. The third-order valence-electron chi connectivity index (χ3n) is 6.27. The average Bonchev–Trinajstić information content (AvgIpc) is 3.44. The molecule has 0 unspecified atom stereocenters. The van der Waals surface area contributed by atoms with Crippen LogP contribution in [-0.4, -0.2) is 14.5 Å². The minimum atomic E-state index is -0.983. The zero-order chi connectivity index (χ0) is 23.7. The van der Waals surface area contributed by atoms with Gasteiger partial charge >= 0.3 is 0 Å². The molecule has 0 radical (unpaired) electrons. The van der Waals surface area contributed by atoms with E-state index in [-0.39, 0.29) is 15.5 Å². The van der Waals surface area contributed by atoms with Crippen LogP contribution < -0.4 is 0 Å². The molecule has 0 atom stereocenters. The van der Waals surface area contributed by atoms with E-state index in [1.54, 1.807) is 6.07 Å². The second-order valence-corrected chi connectivity index (χ2v) is 9.33. The van der Waals surface area contributed by atoms with Crippen molar-refractivity contribution < 1.29 is 13.2 Å². The molecule has 3 aromatic heterocycles. The van der Waals surface area contributed by atoms with E-state index >= 15 is 4.39 Å². The third-order valence-corrected chi connectivity index (χ3v) is 7.49. The fourth-order valence-electron chi connectivity index (χ4n) is 4.73. The van der Waals surface area contributed by atoms with Crippen LogP contribution >= 0.6 is 11.3 Å². The van der Waals surface area contributed by atoms with E-state index in [2.05, 4.69) is 17.1 Å². The summed E-state index contributed by atoms with van der Waals surface area (Å²) in [5, 5.41) is 2.52. The molecule has 0 aliphatic heterocycles. The number of halogens is 3. The number of hydrogen-bond acceptors (Lipinski definition) is 3. The summed E-state index contributed by atoms with van der Waals surface area (Å²) in [4.78, 5) is 8.18. The van der Waals surface area contributed by atoms with Gasteiger partial charge in [-0.2, -0.15) is 13.8 Å². The highest BCUT2D eigenvalue weighted by Crippen LogP contribution is 2.43. The number of para-hydroxylation sites is 2. The molecule has 3 heterocycles. The first-order valence-electron chi connectivity index (χ1n) is 10.9. The fourth-order valence-corrected chi connectivity index (χ4v) is 5.92. The molecule has 0 saturated carbocycles. The zero-order valence-corrected chi connectivity index (χ0v) is 18.8. The summed E-state index contributed by atoms with van der Waals surface area (Å²) < 4.78 is 46.1. The van der Waals surface area contributed by atoms with Gasteiger partial charge < -0.3 is 0 Å². The highest BCUT2D eigenvalue weighted by atomic mass is 32.1. The zero-order valence-electron chi connectivity index (χ0n) is 18.0. The van der Waals surface area contributed by atoms with Crippen molar-refractivity contribution in [3.8, 4) is 17.1 Å². The standard InChI is InChI=1S/C28H14F3N3S/c29-20-12-11-18(25-24(20)19-14-23(30)33-27(31)26(19)35-25)28-32-21-7-3-4-8-22(21)34(28)17-10-9-15-5-1-2-6-16(15)13-17/h1-14H. The Bertz CT molecular complexity index is 1950.